The van der Waals surface area contributed by atoms with Crippen LogP contribution in [-0.2, 0) is 6.42 Å². The Morgan fingerprint density at radius 2 is 1.71 bits per heavy atom. The van der Waals surface area contributed by atoms with Crippen molar-refractivity contribution >= 4 is 5.78 Å². The van der Waals surface area contributed by atoms with Gasteiger partial charge in [0.15, 0.2) is 5.78 Å². The fraction of sp³-hybridized carbons (Fsp3) is 0.435. The summed E-state index contributed by atoms with van der Waals surface area (Å²) in [5.74, 6) is 1.32. The number of benzene rings is 2. The van der Waals surface area contributed by atoms with Crippen LogP contribution in [0.5, 0.6) is 11.5 Å². The van der Waals surface area contributed by atoms with Crippen molar-refractivity contribution in [2.24, 2.45) is 0 Å². The molecule has 28 heavy (non-hydrogen) atoms. The summed E-state index contributed by atoms with van der Waals surface area (Å²) in [5.41, 5.74) is 1.48. The van der Waals surface area contributed by atoms with Gasteiger partial charge >= 0.3 is 0 Å². The molecular weight excluding hydrogens is 354 g/mol. The molecule has 0 aromatic heterocycles. The number of ketones is 1. The second kappa shape index (κ2) is 10.2. The van der Waals surface area contributed by atoms with Crippen molar-refractivity contribution in [3.05, 3.63) is 59.7 Å². The van der Waals surface area contributed by atoms with Crippen molar-refractivity contribution in [2.75, 3.05) is 20.3 Å². The molecule has 0 aliphatic rings. The number of methoxy groups -OCH3 is 1. The molecule has 152 valence electrons. The molecule has 0 saturated heterocycles. The highest BCUT2D eigenvalue weighted by Gasteiger charge is 2.15. The summed E-state index contributed by atoms with van der Waals surface area (Å²) in [7, 11) is 1.56. The normalized spacial score (nSPS) is 12.5. The highest BCUT2D eigenvalue weighted by atomic mass is 16.5. The maximum absolute atomic E-state index is 12.6. The minimum absolute atomic E-state index is 0.0293. The first-order chi connectivity index (χ1) is 13.3. The van der Waals surface area contributed by atoms with Crippen LogP contribution in [0, 0.1) is 0 Å². The van der Waals surface area contributed by atoms with E-state index in [9.17, 15) is 9.90 Å². The van der Waals surface area contributed by atoms with Gasteiger partial charge in [-0.3, -0.25) is 4.79 Å². The highest BCUT2D eigenvalue weighted by Crippen LogP contribution is 2.23. The summed E-state index contributed by atoms with van der Waals surface area (Å²) in [6.45, 7) is 6.80. The number of ether oxygens (including phenoxy) is 2. The van der Waals surface area contributed by atoms with E-state index in [0.717, 1.165) is 5.56 Å². The fourth-order valence-electron chi connectivity index (χ4n) is 2.78. The number of carbonyl (C=O) groups is 1. The summed E-state index contributed by atoms with van der Waals surface area (Å²) in [6, 6.07) is 14.9. The third kappa shape index (κ3) is 6.98. The first kappa shape index (κ1) is 21.9. The molecule has 5 heteroatoms. The van der Waals surface area contributed by atoms with Crippen LogP contribution in [0.1, 0.15) is 43.1 Å². The lowest BCUT2D eigenvalue weighted by Gasteiger charge is -2.23. The fourth-order valence-corrected chi connectivity index (χ4v) is 2.78. The first-order valence-corrected chi connectivity index (χ1v) is 9.60. The summed E-state index contributed by atoms with van der Waals surface area (Å²) >= 11 is 0. The second-order valence-corrected chi connectivity index (χ2v) is 7.83. The summed E-state index contributed by atoms with van der Waals surface area (Å²) in [4.78, 5) is 12.6. The molecule has 2 N–H and O–H groups in total. The van der Waals surface area contributed by atoms with E-state index in [1.807, 2.05) is 36.4 Å². The number of aliphatic hydroxyl groups is 1. The number of β-amino-alcohol motifs (C(OH)–C–C–N with tert-alkyl or cyclic N) is 1. The Kier molecular flexibility index (Phi) is 8.03. The molecule has 0 aliphatic carbocycles. The zero-order valence-electron chi connectivity index (χ0n) is 17.2. The van der Waals surface area contributed by atoms with Crippen LogP contribution in [0.15, 0.2) is 48.5 Å². The van der Waals surface area contributed by atoms with Crippen LogP contribution in [0.3, 0.4) is 0 Å². The zero-order valence-corrected chi connectivity index (χ0v) is 17.2. The molecule has 0 spiro atoms. The van der Waals surface area contributed by atoms with Gasteiger partial charge in [0.1, 0.15) is 24.2 Å². The summed E-state index contributed by atoms with van der Waals surface area (Å²) in [5, 5.41) is 13.4. The lowest BCUT2D eigenvalue weighted by atomic mass is 10.0. The van der Waals surface area contributed by atoms with Crippen LogP contribution >= 0.6 is 0 Å². The van der Waals surface area contributed by atoms with Crippen molar-refractivity contribution in [1.29, 1.82) is 0 Å². The van der Waals surface area contributed by atoms with Gasteiger partial charge in [-0.1, -0.05) is 30.3 Å². The topological polar surface area (TPSA) is 67.8 Å². The highest BCUT2D eigenvalue weighted by molar-refractivity contribution is 5.98. The number of para-hydroxylation sites is 2. The Balaban J connectivity index is 1.94. The van der Waals surface area contributed by atoms with Crippen molar-refractivity contribution in [3.8, 4) is 11.5 Å². The molecule has 0 bridgehead atoms. The maximum Gasteiger partial charge on any atom is 0.166 e. The number of rotatable bonds is 10. The molecule has 5 nitrogen and oxygen atoms in total. The molecule has 1 unspecified atom stereocenters. The van der Waals surface area contributed by atoms with Gasteiger partial charge in [0.2, 0.25) is 0 Å². The number of hydrogen-bond donors (Lipinski definition) is 2. The maximum atomic E-state index is 12.6. The Bertz CT molecular complexity index is 767. The van der Waals surface area contributed by atoms with E-state index in [-0.39, 0.29) is 17.9 Å². The molecule has 0 fully saturated rings. The standard InChI is InChI=1S/C23H31NO4/c1-23(2,3)24-15-18(25)16-28-21-11-7-5-9-17(21)13-14-20(26)19-10-6-8-12-22(19)27-4/h5-12,18,24-25H,13-16H2,1-4H3. The van der Waals surface area contributed by atoms with E-state index in [0.29, 0.717) is 36.4 Å². The molecule has 0 heterocycles. The van der Waals surface area contributed by atoms with Crippen LogP contribution in [0.25, 0.3) is 0 Å². The predicted molar refractivity (Wildman–Crippen MR) is 111 cm³/mol. The van der Waals surface area contributed by atoms with Gasteiger partial charge in [-0.15, -0.1) is 0 Å². The van der Waals surface area contributed by atoms with E-state index in [1.165, 1.54) is 0 Å². The third-order valence-electron chi connectivity index (χ3n) is 4.30. The molecular formula is C23H31NO4. The summed E-state index contributed by atoms with van der Waals surface area (Å²) in [6.07, 6.45) is 0.306. The van der Waals surface area contributed by atoms with E-state index in [2.05, 4.69) is 26.1 Å². The largest absolute Gasteiger partial charge is 0.496 e. The molecule has 2 rings (SSSR count). The monoisotopic (exact) mass is 385 g/mol. The molecule has 0 radical (unpaired) electrons. The van der Waals surface area contributed by atoms with Gasteiger partial charge < -0.3 is 19.9 Å². The molecule has 0 amide bonds. The van der Waals surface area contributed by atoms with Gasteiger partial charge in [-0.2, -0.15) is 0 Å². The summed E-state index contributed by atoms with van der Waals surface area (Å²) < 4.78 is 11.1. The molecule has 0 aliphatic heterocycles. The van der Waals surface area contributed by atoms with Crippen molar-refractivity contribution in [3.63, 3.8) is 0 Å². The number of aliphatic hydroxyl groups excluding tert-OH is 1. The average molecular weight is 386 g/mol. The smallest absolute Gasteiger partial charge is 0.166 e. The SMILES string of the molecule is COc1ccccc1C(=O)CCc1ccccc1OCC(O)CNC(C)(C)C. The predicted octanol–water partition coefficient (Wildman–Crippen LogP) is 3.64. The van der Waals surface area contributed by atoms with Crippen molar-refractivity contribution in [2.45, 2.75) is 45.3 Å². The van der Waals surface area contributed by atoms with E-state index in [4.69, 9.17) is 9.47 Å². The third-order valence-corrected chi connectivity index (χ3v) is 4.30. The van der Waals surface area contributed by atoms with E-state index < -0.39 is 6.10 Å². The Morgan fingerprint density at radius 1 is 1.07 bits per heavy atom. The molecule has 2 aromatic carbocycles. The van der Waals surface area contributed by atoms with Crippen molar-refractivity contribution in [1.82, 2.24) is 5.32 Å². The quantitative estimate of drug-likeness (QED) is 0.611. The van der Waals surface area contributed by atoms with Gasteiger partial charge in [0, 0.05) is 18.5 Å². The minimum atomic E-state index is -0.609. The molecule has 0 saturated carbocycles. The van der Waals surface area contributed by atoms with Crippen LogP contribution < -0.4 is 14.8 Å². The number of Topliss-reactive ketones (excluding diaryl/α,β-unsaturated/α-hetero) is 1. The number of aryl methyl sites for hydroxylation is 1. The van der Waals surface area contributed by atoms with E-state index >= 15 is 0 Å². The lowest BCUT2D eigenvalue weighted by molar-refractivity contribution is 0.0970. The Hall–Kier alpha value is -2.37. The lowest BCUT2D eigenvalue weighted by Crippen LogP contribution is -2.42. The van der Waals surface area contributed by atoms with Crippen LogP contribution in [0.4, 0.5) is 0 Å². The average Bonchev–Trinajstić information content (AvgIpc) is 2.68. The zero-order chi connectivity index (χ0) is 20.6. The Labute approximate surface area is 167 Å². The number of nitrogens with one attached hydrogen (secondary N) is 1. The van der Waals surface area contributed by atoms with Gasteiger partial charge in [0.25, 0.3) is 0 Å². The minimum Gasteiger partial charge on any atom is -0.496 e. The van der Waals surface area contributed by atoms with Gasteiger partial charge in [-0.05, 0) is 51.0 Å². The van der Waals surface area contributed by atoms with Crippen LogP contribution in [0.2, 0.25) is 0 Å². The van der Waals surface area contributed by atoms with Crippen LogP contribution in [-0.4, -0.2) is 42.8 Å². The number of carbonyl (C=O) groups excluding carboxylic acids is 1. The van der Waals surface area contributed by atoms with Gasteiger partial charge in [0.05, 0.1) is 12.7 Å². The second-order valence-electron chi connectivity index (χ2n) is 7.83. The molecule has 1 atom stereocenters. The first-order valence-electron chi connectivity index (χ1n) is 9.60. The van der Waals surface area contributed by atoms with E-state index in [1.54, 1.807) is 19.2 Å². The number of hydrogen-bond acceptors (Lipinski definition) is 5. The van der Waals surface area contributed by atoms with Crippen molar-refractivity contribution < 1.29 is 19.4 Å². The molecule has 2 aromatic rings. The Morgan fingerprint density at radius 3 is 2.39 bits per heavy atom. The van der Waals surface area contributed by atoms with Gasteiger partial charge in [-0.25, -0.2) is 0 Å².